The van der Waals surface area contributed by atoms with E-state index in [4.69, 9.17) is 0 Å². The van der Waals surface area contributed by atoms with Crippen molar-refractivity contribution in [3.05, 3.63) is 34.9 Å². The first-order valence-electron chi connectivity index (χ1n) is 7.87. The van der Waals surface area contributed by atoms with Crippen LogP contribution in [0.2, 0.25) is 0 Å². The molecule has 0 spiro atoms. The van der Waals surface area contributed by atoms with Crippen LogP contribution in [-0.2, 0) is 5.41 Å². The molecule has 0 bridgehead atoms. The van der Waals surface area contributed by atoms with E-state index in [1.54, 1.807) is 0 Å². The Morgan fingerprint density at radius 3 is 1.84 bits per heavy atom. The highest BCUT2D eigenvalue weighted by molar-refractivity contribution is 5.34. The van der Waals surface area contributed by atoms with Crippen LogP contribution in [0, 0.1) is 13.8 Å². The molecule has 0 aromatic heterocycles. The van der Waals surface area contributed by atoms with Gasteiger partial charge in [0.25, 0.3) is 0 Å². The van der Waals surface area contributed by atoms with Gasteiger partial charge in [0.05, 0.1) is 0 Å². The number of aryl methyl sites for hydroxylation is 2. The molecule has 108 valence electrons. The molecular weight excluding hydrogens is 230 g/mol. The fourth-order valence-corrected chi connectivity index (χ4v) is 3.29. The van der Waals surface area contributed by atoms with Gasteiger partial charge in [-0.2, -0.15) is 0 Å². The lowest BCUT2D eigenvalue weighted by Crippen LogP contribution is -2.38. The van der Waals surface area contributed by atoms with Gasteiger partial charge in [-0.3, -0.25) is 0 Å². The molecule has 1 aromatic rings. The van der Waals surface area contributed by atoms with Gasteiger partial charge in [-0.05, 0) is 38.8 Å². The van der Waals surface area contributed by atoms with Gasteiger partial charge in [-0.25, -0.2) is 0 Å². The Labute approximate surface area is 119 Å². The Kier molecular flexibility index (Phi) is 6.57. The maximum atomic E-state index is 3.60. The molecule has 1 rings (SSSR count). The van der Waals surface area contributed by atoms with Crippen LogP contribution in [0.4, 0.5) is 0 Å². The molecule has 1 aromatic carbocycles. The van der Waals surface area contributed by atoms with E-state index in [-0.39, 0.29) is 0 Å². The Bertz CT molecular complexity index is 355. The van der Waals surface area contributed by atoms with Crippen LogP contribution in [0.25, 0.3) is 0 Å². The standard InChI is InChI=1S/C18H31N/c1-6-9-18(10-7-2,14-19-8-3)17-12-15(4)11-16(5)13-17/h11-13,19H,6-10,14H2,1-5H3. The number of likely N-dealkylation sites (N-methyl/N-ethyl adjacent to an activating group) is 1. The van der Waals surface area contributed by atoms with E-state index < -0.39 is 0 Å². The number of hydrogen-bond donors (Lipinski definition) is 1. The van der Waals surface area contributed by atoms with Crippen molar-refractivity contribution in [2.75, 3.05) is 13.1 Å². The molecule has 0 fully saturated rings. The second kappa shape index (κ2) is 7.69. The number of benzene rings is 1. The predicted molar refractivity (Wildman–Crippen MR) is 86.0 cm³/mol. The molecule has 0 aliphatic rings. The molecule has 0 atom stereocenters. The van der Waals surface area contributed by atoms with E-state index in [0.29, 0.717) is 5.41 Å². The molecule has 0 amide bonds. The molecule has 0 aliphatic heterocycles. The SMILES string of the molecule is CCCC(CCC)(CNCC)c1cc(C)cc(C)c1. The maximum Gasteiger partial charge on any atom is 0.00777 e. The summed E-state index contributed by atoms with van der Waals surface area (Å²) in [6.07, 6.45) is 5.05. The van der Waals surface area contributed by atoms with Crippen molar-refractivity contribution in [2.45, 2.75) is 65.7 Å². The third-order valence-electron chi connectivity index (χ3n) is 4.00. The Morgan fingerprint density at radius 1 is 0.895 bits per heavy atom. The van der Waals surface area contributed by atoms with Gasteiger partial charge < -0.3 is 5.32 Å². The van der Waals surface area contributed by atoms with Crippen molar-refractivity contribution >= 4 is 0 Å². The largest absolute Gasteiger partial charge is 0.316 e. The third kappa shape index (κ3) is 4.35. The van der Waals surface area contributed by atoms with E-state index in [0.717, 1.165) is 13.1 Å². The van der Waals surface area contributed by atoms with E-state index >= 15 is 0 Å². The van der Waals surface area contributed by atoms with Crippen molar-refractivity contribution in [1.82, 2.24) is 5.32 Å². The van der Waals surface area contributed by atoms with Crippen molar-refractivity contribution < 1.29 is 0 Å². The van der Waals surface area contributed by atoms with Gasteiger partial charge in [-0.15, -0.1) is 0 Å². The lowest BCUT2D eigenvalue weighted by atomic mass is 9.72. The van der Waals surface area contributed by atoms with Crippen LogP contribution in [0.15, 0.2) is 18.2 Å². The summed E-state index contributed by atoms with van der Waals surface area (Å²) in [5.74, 6) is 0. The van der Waals surface area contributed by atoms with Gasteiger partial charge in [-0.1, -0.05) is 62.9 Å². The van der Waals surface area contributed by atoms with Gasteiger partial charge in [0, 0.05) is 12.0 Å². The highest BCUT2D eigenvalue weighted by atomic mass is 14.9. The minimum atomic E-state index is 0.316. The predicted octanol–water partition coefficient (Wildman–Crippen LogP) is 4.75. The molecule has 0 aliphatic carbocycles. The van der Waals surface area contributed by atoms with E-state index in [9.17, 15) is 0 Å². The summed E-state index contributed by atoms with van der Waals surface area (Å²) in [7, 11) is 0. The number of hydrogen-bond acceptors (Lipinski definition) is 1. The topological polar surface area (TPSA) is 12.0 Å². The van der Waals surface area contributed by atoms with Crippen molar-refractivity contribution in [3.8, 4) is 0 Å². The van der Waals surface area contributed by atoms with E-state index in [1.165, 1.54) is 42.4 Å². The second-order valence-electron chi connectivity index (χ2n) is 5.94. The van der Waals surface area contributed by atoms with Crippen molar-refractivity contribution in [1.29, 1.82) is 0 Å². The van der Waals surface area contributed by atoms with Crippen LogP contribution in [0.3, 0.4) is 0 Å². The van der Waals surface area contributed by atoms with Gasteiger partial charge >= 0.3 is 0 Å². The maximum absolute atomic E-state index is 3.60. The molecule has 1 heteroatoms. The summed E-state index contributed by atoms with van der Waals surface area (Å²) >= 11 is 0. The van der Waals surface area contributed by atoms with Crippen molar-refractivity contribution in [3.63, 3.8) is 0 Å². The smallest absolute Gasteiger partial charge is 0.00777 e. The molecule has 1 N–H and O–H groups in total. The minimum absolute atomic E-state index is 0.316. The van der Waals surface area contributed by atoms with Crippen LogP contribution in [-0.4, -0.2) is 13.1 Å². The number of rotatable bonds is 8. The highest BCUT2D eigenvalue weighted by Crippen LogP contribution is 2.35. The molecule has 0 saturated carbocycles. The first-order valence-corrected chi connectivity index (χ1v) is 7.87. The normalized spacial score (nSPS) is 11.8. The molecule has 19 heavy (non-hydrogen) atoms. The summed E-state index contributed by atoms with van der Waals surface area (Å²) in [4.78, 5) is 0. The van der Waals surface area contributed by atoms with Gasteiger partial charge in [0.15, 0.2) is 0 Å². The Morgan fingerprint density at radius 2 is 1.42 bits per heavy atom. The Balaban J connectivity index is 3.17. The van der Waals surface area contributed by atoms with Crippen LogP contribution in [0.5, 0.6) is 0 Å². The van der Waals surface area contributed by atoms with Gasteiger partial charge in [0.2, 0.25) is 0 Å². The average molecular weight is 261 g/mol. The quantitative estimate of drug-likeness (QED) is 0.712. The zero-order chi connectivity index (χ0) is 14.3. The van der Waals surface area contributed by atoms with Crippen LogP contribution < -0.4 is 5.32 Å². The van der Waals surface area contributed by atoms with Crippen LogP contribution in [0.1, 0.15) is 63.1 Å². The van der Waals surface area contributed by atoms with Crippen LogP contribution >= 0.6 is 0 Å². The molecule has 0 unspecified atom stereocenters. The second-order valence-corrected chi connectivity index (χ2v) is 5.94. The lowest BCUT2D eigenvalue weighted by molar-refractivity contribution is 0.337. The summed E-state index contributed by atoms with van der Waals surface area (Å²) in [6.45, 7) is 13.4. The van der Waals surface area contributed by atoms with Gasteiger partial charge in [0.1, 0.15) is 0 Å². The van der Waals surface area contributed by atoms with E-state index in [2.05, 4.69) is 58.1 Å². The highest BCUT2D eigenvalue weighted by Gasteiger charge is 2.30. The zero-order valence-corrected chi connectivity index (χ0v) is 13.5. The zero-order valence-electron chi connectivity index (χ0n) is 13.5. The molecule has 0 heterocycles. The minimum Gasteiger partial charge on any atom is -0.316 e. The summed E-state index contributed by atoms with van der Waals surface area (Å²) in [6, 6.07) is 7.07. The monoisotopic (exact) mass is 261 g/mol. The molecule has 0 saturated heterocycles. The summed E-state index contributed by atoms with van der Waals surface area (Å²) in [5.41, 5.74) is 4.64. The first kappa shape index (κ1) is 16.2. The summed E-state index contributed by atoms with van der Waals surface area (Å²) < 4.78 is 0. The fourth-order valence-electron chi connectivity index (χ4n) is 3.29. The number of nitrogens with one attached hydrogen (secondary N) is 1. The average Bonchev–Trinajstić information content (AvgIpc) is 2.35. The van der Waals surface area contributed by atoms with Crippen molar-refractivity contribution in [2.24, 2.45) is 0 Å². The first-order chi connectivity index (χ1) is 9.07. The molecule has 0 radical (unpaired) electrons. The van der Waals surface area contributed by atoms with E-state index in [1.807, 2.05) is 0 Å². The molecular formula is C18H31N. The summed E-state index contributed by atoms with van der Waals surface area (Å²) in [5, 5.41) is 3.60. The fraction of sp³-hybridized carbons (Fsp3) is 0.667. The lowest BCUT2D eigenvalue weighted by Gasteiger charge is -2.35. The Hall–Kier alpha value is -0.820. The molecule has 1 nitrogen and oxygen atoms in total. The third-order valence-corrected chi connectivity index (χ3v) is 4.00.